The van der Waals surface area contributed by atoms with Crippen molar-refractivity contribution in [1.82, 2.24) is 10.6 Å². The molecule has 102 valence electrons. The predicted octanol–water partition coefficient (Wildman–Crippen LogP) is 1.09. The van der Waals surface area contributed by atoms with Crippen molar-refractivity contribution in [2.45, 2.75) is 25.8 Å². The lowest BCUT2D eigenvalue weighted by Crippen LogP contribution is -2.43. The normalized spacial score (nSPS) is 18.1. The van der Waals surface area contributed by atoms with E-state index < -0.39 is 5.91 Å². The molecule has 1 fully saturated rings. The SMILES string of the molecule is CCOc1ccccc1C(=O)NC(=O)C1CCCN1. The molecule has 2 N–H and O–H groups in total. The second kappa shape index (κ2) is 6.33. The number of amides is 2. The molecule has 5 nitrogen and oxygen atoms in total. The Morgan fingerprint density at radius 1 is 1.42 bits per heavy atom. The van der Waals surface area contributed by atoms with Gasteiger partial charge in [0.2, 0.25) is 5.91 Å². The molecule has 0 aliphatic carbocycles. The van der Waals surface area contributed by atoms with Crippen molar-refractivity contribution in [3.05, 3.63) is 29.8 Å². The van der Waals surface area contributed by atoms with Gasteiger partial charge in [-0.3, -0.25) is 14.9 Å². The summed E-state index contributed by atoms with van der Waals surface area (Å²) in [6.07, 6.45) is 1.73. The number of hydrogen-bond acceptors (Lipinski definition) is 4. The van der Waals surface area contributed by atoms with Crippen LogP contribution >= 0.6 is 0 Å². The van der Waals surface area contributed by atoms with Gasteiger partial charge >= 0.3 is 0 Å². The smallest absolute Gasteiger partial charge is 0.261 e. The molecule has 1 atom stereocenters. The van der Waals surface area contributed by atoms with Gasteiger partial charge < -0.3 is 10.1 Å². The van der Waals surface area contributed by atoms with Crippen molar-refractivity contribution in [2.75, 3.05) is 13.2 Å². The Labute approximate surface area is 112 Å². The first-order valence-electron chi connectivity index (χ1n) is 6.52. The number of ether oxygens (including phenoxy) is 1. The quantitative estimate of drug-likeness (QED) is 0.797. The number of nitrogens with one attached hydrogen (secondary N) is 2. The molecule has 1 heterocycles. The highest BCUT2D eigenvalue weighted by Gasteiger charge is 2.24. The van der Waals surface area contributed by atoms with Crippen LogP contribution in [0.25, 0.3) is 0 Å². The van der Waals surface area contributed by atoms with Gasteiger partial charge in [-0.05, 0) is 38.4 Å². The minimum absolute atomic E-state index is 0.261. The second-order valence-corrected chi connectivity index (χ2v) is 4.40. The summed E-state index contributed by atoms with van der Waals surface area (Å²) in [5, 5.41) is 5.47. The standard InChI is InChI=1S/C14H18N2O3/c1-2-19-12-8-4-3-6-10(12)13(17)16-14(18)11-7-5-9-15-11/h3-4,6,8,11,15H,2,5,7,9H2,1H3,(H,16,17,18). The molecule has 0 saturated carbocycles. The summed E-state index contributed by atoms with van der Waals surface area (Å²) in [4.78, 5) is 23.9. The highest BCUT2D eigenvalue weighted by molar-refractivity contribution is 6.07. The van der Waals surface area contributed by atoms with Gasteiger partial charge in [0.1, 0.15) is 5.75 Å². The maximum absolute atomic E-state index is 12.1. The highest BCUT2D eigenvalue weighted by Crippen LogP contribution is 2.17. The van der Waals surface area contributed by atoms with Crippen LogP contribution in [0, 0.1) is 0 Å². The topological polar surface area (TPSA) is 67.4 Å². The van der Waals surface area contributed by atoms with Gasteiger partial charge in [-0.15, -0.1) is 0 Å². The molecular formula is C14H18N2O3. The van der Waals surface area contributed by atoms with Crippen LogP contribution in [0.4, 0.5) is 0 Å². The van der Waals surface area contributed by atoms with E-state index in [0.717, 1.165) is 19.4 Å². The van der Waals surface area contributed by atoms with Crippen LogP contribution in [-0.4, -0.2) is 31.0 Å². The van der Waals surface area contributed by atoms with Crippen molar-refractivity contribution in [3.8, 4) is 5.75 Å². The van der Waals surface area contributed by atoms with Gasteiger partial charge in [0, 0.05) is 0 Å². The Morgan fingerprint density at radius 2 is 2.21 bits per heavy atom. The van der Waals surface area contributed by atoms with Crippen LogP contribution in [-0.2, 0) is 4.79 Å². The molecule has 0 spiro atoms. The number of imide groups is 1. The zero-order valence-electron chi connectivity index (χ0n) is 10.9. The van der Waals surface area contributed by atoms with E-state index in [2.05, 4.69) is 10.6 Å². The molecule has 19 heavy (non-hydrogen) atoms. The first-order valence-corrected chi connectivity index (χ1v) is 6.52. The fourth-order valence-electron chi connectivity index (χ4n) is 2.11. The van der Waals surface area contributed by atoms with E-state index in [9.17, 15) is 9.59 Å². The third-order valence-corrected chi connectivity index (χ3v) is 3.05. The summed E-state index contributed by atoms with van der Waals surface area (Å²) in [6.45, 7) is 3.15. The Morgan fingerprint density at radius 3 is 2.89 bits per heavy atom. The van der Waals surface area contributed by atoms with Crippen molar-refractivity contribution in [1.29, 1.82) is 0 Å². The summed E-state index contributed by atoms with van der Waals surface area (Å²) in [6, 6.07) is 6.65. The zero-order valence-corrected chi connectivity index (χ0v) is 10.9. The van der Waals surface area contributed by atoms with Crippen molar-refractivity contribution in [2.24, 2.45) is 0 Å². The monoisotopic (exact) mass is 262 g/mol. The van der Waals surface area contributed by atoms with Crippen molar-refractivity contribution in [3.63, 3.8) is 0 Å². The molecule has 1 aliphatic rings. The maximum atomic E-state index is 12.1. The molecule has 1 aromatic rings. The summed E-state index contributed by atoms with van der Waals surface area (Å²) < 4.78 is 5.38. The lowest BCUT2D eigenvalue weighted by Gasteiger charge is -2.12. The fourth-order valence-corrected chi connectivity index (χ4v) is 2.11. The summed E-state index contributed by atoms with van der Waals surface area (Å²) >= 11 is 0. The van der Waals surface area contributed by atoms with E-state index in [1.807, 2.05) is 6.92 Å². The average Bonchev–Trinajstić information content (AvgIpc) is 2.93. The van der Waals surface area contributed by atoms with Gasteiger partial charge in [-0.1, -0.05) is 12.1 Å². The van der Waals surface area contributed by atoms with E-state index in [1.54, 1.807) is 24.3 Å². The van der Waals surface area contributed by atoms with Gasteiger partial charge in [0.25, 0.3) is 5.91 Å². The van der Waals surface area contributed by atoms with Gasteiger partial charge in [0.15, 0.2) is 0 Å². The van der Waals surface area contributed by atoms with Gasteiger partial charge in [-0.2, -0.15) is 0 Å². The second-order valence-electron chi connectivity index (χ2n) is 4.40. The third kappa shape index (κ3) is 3.32. The van der Waals surface area contributed by atoms with Crippen molar-refractivity contribution < 1.29 is 14.3 Å². The molecule has 1 unspecified atom stereocenters. The molecule has 2 rings (SSSR count). The Bertz CT molecular complexity index is 468. The molecule has 1 aliphatic heterocycles. The number of rotatable bonds is 4. The lowest BCUT2D eigenvalue weighted by molar-refractivity contribution is -0.121. The van der Waals surface area contributed by atoms with Crippen LogP contribution < -0.4 is 15.4 Å². The summed E-state index contributed by atoms with van der Waals surface area (Å²) in [5.74, 6) is -0.189. The number of benzene rings is 1. The van der Waals surface area contributed by atoms with E-state index >= 15 is 0 Å². The predicted molar refractivity (Wildman–Crippen MR) is 71.1 cm³/mol. The Kier molecular flexibility index (Phi) is 4.52. The molecule has 2 amide bonds. The summed E-state index contributed by atoms with van der Waals surface area (Å²) in [7, 11) is 0. The molecule has 5 heteroatoms. The number of carbonyl (C=O) groups is 2. The van der Waals surface area contributed by atoms with Crippen LogP contribution in [0.15, 0.2) is 24.3 Å². The third-order valence-electron chi connectivity index (χ3n) is 3.05. The number of hydrogen-bond donors (Lipinski definition) is 2. The molecule has 1 aromatic carbocycles. The maximum Gasteiger partial charge on any atom is 0.261 e. The minimum Gasteiger partial charge on any atom is -0.493 e. The van der Waals surface area contributed by atoms with Gasteiger partial charge in [0.05, 0.1) is 18.2 Å². The number of carbonyl (C=O) groups excluding carboxylic acids is 2. The fraction of sp³-hybridized carbons (Fsp3) is 0.429. The van der Waals surface area contributed by atoms with E-state index in [0.29, 0.717) is 17.9 Å². The van der Waals surface area contributed by atoms with Gasteiger partial charge in [-0.25, -0.2) is 0 Å². The van der Waals surface area contributed by atoms with Crippen molar-refractivity contribution >= 4 is 11.8 Å². The average molecular weight is 262 g/mol. The molecule has 0 aromatic heterocycles. The van der Waals surface area contributed by atoms with E-state index in [-0.39, 0.29) is 11.9 Å². The largest absolute Gasteiger partial charge is 0.493 e. The number of para-hydroxylation sites is 1. The van der Waals surface area contributed by atoms with Crippen LogP contribution in [0.1, 0.15) is 30.1 Å². The summed E-state index contributed by atoms with van der Waals surface area (Å²) in [5.41, 5.74) is 0.385. The Balaban J connectivity index is 2.04. The zero-order chi connectivity index (χ0) is 13.7. The van der Waals surface area contributed by atoms with Crippen LogP contribution in [0.2, 0.25) is 0 Å². The molecule has 1 saturated heterocycles. The lowest BCUT2D eigenvalue weighted by atomic mass is 10.1. The van der Waals surface area contributed by atoms with E-state index in [1.165, 1.54) is 0 Å². The first kappa shape index (κ1) is 13.5. The molecule has 0 radical (unpaired) electrons. The van der Waals surface area contributed by atoms with Crippen LogP contribution in [0.5, 0.6) is 5.75 Å². The molecular weight excluding hydrogens is 244 g/mol. The highest BCUT2D eigenvalue weighted by atomic mass is 16.5. The first-order chi connectivity index (χ1) is 9.22. The van der Waals surface area contributed by atoms with Crippen LogP contribution in [0.3, 0.4) is 0 Å². The van der Waals surface area contributed by atoms with E-state index in [4.69, 9.17) is 4.74 Å². The minimum atomic E-state index is -0.414. The Hall–Kier alpha value is -1.88. The molecule has 0 bridgehead atoms.